The zero-order chi connectivity index (χ0) is 10.6. The van der Waals surface area contributed by atoms with Crippen LogP contribution < -0.4 is 0 Å². The topological polar surface area (TPSA) is 20.2 Å². The summed E-state index contributed by atoms with van der Waals surface area (Å²) in [5.74, 6) is 1.23. The lowest BCUT2D eigenvalue weighted by Crippen LogP contribution is -2.14. The summed E-state index contributed by atoms with van der Waals surface area (Å²) in [5.41, 5.74) is 1.14. The molecule has 0 saturated heterocycles. The molecule has 1 heteroatoms. The third-order valence-electron chi connectivity index (χ3n) is 2.78. The number of aliphatic hydroxyl groups excluding tert-OH is 1. The molecule has 14 heavy (non-hydrogen) atoms. The molecule has 1 rings (SSSR count). The van der Waals surface area contributed by atoms with Crippen molar-refractivity contribution < 1.29 is 5.11 Å². The summed E-state index contributed by atoms with van der Waals surface area (Å²) in [5, 5.41) is 9.63. The lowest BCUT2D eigenvalue weighted by molar-refractivity contribution is 0.393. The van der Waals surface area contributed by atoms with Gasteiger partial charge in [0.25, 0.3) is 0 Å². The van der Waals surface area contributed by atoms with Crippen LogP contribution in [-0.2, 0) is 0 Å². The third-order valence-corrected chi connectivity index (χ3v) is 2.78. The highest BCUT2D eigenvalue weighted by atomic mass is 16.3. The second-order valence-corrected chi connectivity index (χ2v) is 3.61. The first kappa shape index (κ1) is 10.8. The minimum absolute atomic E-state index is 0.388. The molecule has 1 unspecified atom stereocenters. The highest BCUT2D eigenvalue weighted by Gasteiger charge is 2.21. The molecule has 0 heterocycles. The Morgan fingerprint density at radius 1 is 1.57 bits per heavy atom. The maximum atomic E-state index is 9.63. The van der Waals surface area contributed by atoms with E-state index in [-0.39, 0.29) is 0 Å². The van der Waals surface area contributed by atoms with Crippen molar-refractivity contribution in [3.63, 3.8) is 0 Å². The van der Waals surface area contributed by atoms with Crippen molar-refractivity contribution >= 4 is 0 Å². The average molecular weight is 190 g/mol. The summed E-state index contributed by atoms with van der Waals surface area (Å²) in [7, 11) is 0. The second kappa shape index (κ2) is 4.85. The van der Waals surface area contributed by atoms with Gasteiger partial charge in [-0.05, 0) is 24.0 Å². The molecule has 0 bridgehead atoms. The van der Waals surface area contributed by atoms with Crippen LogP contribution in [0.25, 0.3) is 0 Å². The van der Waals surface area contributed by atoms with Gasteiger partial charge in [0.15, 0.2) is 0 Å². The fourth-order valence-corrected chi connectivity index (χ4v) is 1.88. The molecular formula is C13H18O. The third kappa shape index (κ3) is 2.16. The molecule has 0 saturated carbocycles. The SMILES string of the molecule is C=C/C=C\C1C=CC(O)=C(CC)[C@H]1C. The van der Waals surface area contributed by atoms with Gasteiger partial charge in [-0.2, -0.15) is 0 Å². The molecule has 0 aromatic carbocycles. The predicted molar refractivity (Wildman–Crippen MR) is 61.1 cm³/mol. The molecule has 0 aromatic heterocycles. The van der Waals surface area contributed by atoms with E-state index in [0.717, 1.165) is 12.0 Å². The van der Waals surface area contributed by atoms with Gasteiger partial charge in [-0.25, -0.2) is 0 Å². The van der Waals surface area contributed by atoms with Crippen molar-refractivity contribution in [3.8, 4) is 0 Å². The van der Waals surface area contributed by atoms with Crippen molar-refractivity contribution in [1.29, 1.82) is 0 Å². The minimum Gasteiger partial charge on any atom is -0.508 e. The van der Waals surface area contributed by atoms with Crippen molar-refractivity contribution in [1.82, 2.24) is 0 Å². The molecule has 1 nitrogen and oxygen atoms in total. The van der Waals surface area contributed by atoms with Crippen LogP contribution in [0.5, 0.6) is 0 Å². The van der Waals surface area contributed by atoms with Crippen LogP contribution in [0.1, 0.15) is 20.3 Å². The summed E-state index contributed by atoms with van der Waals surface area (Å²) in [6.07, 6.45) is 10.6. The standard InChI is InChI=1S/C13H18O/c1-4-6-7-11-8-9-13(14)12(5-2)10(11)3/h4,6-11,14H,1,5H2,2-3H3/b7-6-/t10-,11?/m0/s1. The van der Waals surface area contributed by atoms with E-state index in [1.54, 1.807) is 12.2 Å². The van der Waals surface area contributed by atoms with Gasteiger partial charge in [0.05, 0.1) is 0 Å². The molecule has 0 aliphatic heterocycles. The molecule has 1 aliphatic rings. The predicted octanol–water partition coefficient (Wildman–Crippen LogP) is 3.77. The first-order valence-electron chi connectivity index (χ1n) is 5.10. The van der Waals surface area contributed by atoms with Crippen molar-refractivity contribution in [2.75, 3.05) is 0 Å². The first-order chi connectivity index (χ1) is 6.70. The van der Waals surface area contributed by atoms with E-state index in [4.69, 9.17) is 0 Å². The Balaban J connectivity index is 2.84. The Hall–Kier alpha value is -1.24. The van der Waals surface area contributed by atoms with E-state index >= 15 is 0 Å². The Morgan fingerprint density at radius 3 is 2.86 bits per heavy atom. The molecule has 0 aromatic rings. The molecule has 76 valence electrons. The van der Waals surface area contributed by atoms with Gasteiger partial charge in [0.2, 0.25) is 0 Å². The molecule has 0 radical (unpaired) electrons. The quantitative estimate of drug-likeness (QED) is 0.671. The summed E-state index contributed by atoms with van der Waals surface area (Å²) >= 11 is 0. The second-order valence-electron chi connectivity index (χ2n) is 3.61. The number of rotatable bonds is 3. The van der Waals surface area contributed by atoms with Crippen molar-refractivity contribution in [2.45, 2.75) is 20.3 Å². The number of hydrogen-bond donors (Lipinski definition) is 1. The zero-order valence-electron chi connectivity index (χ0n) is 8.90. The summed E-state index contributed by atoms with van der Waals surface area (Å²) in [6.45, 7) is 7.88. The fraction of sp³-hybridized carbons (Fsp3) is 0.385. The van der Waals surface area contributed by atoms with E-state index in [1.807, 2.05) is 12.2 Å². The van der Waals surface area contributed by atoms with Gasteiger partial charge < -0.3 is 5.11 Å². The highest BCUT2D eigenvalue weighted by molar-refractivity contribution is 5.30. The largest absolute Gasteiger partial charge is 0.508 e. The van der Waals surface area contributed by atoms with E-state index in [0.29, 0.717) is 17.6 Å². The normalized spacial score (nSPS) is 27.3. The van der Waals surface area contributed by atoms with Gasteiger partial charge in [0, 0.05) is 5.92 Å². The Morgan fingerprint density at radius 2 is 2.29 bits per heavy atom. The van der Waals surface area contributed by atoms with Crippen LogP contribution >= 0.6 is 0 Å². The molecular weight excluding hydrogens is 172 g/mol. The minimum atomic E-state index is 0.388. The molecule has 1 aliphatic carbocycles. The Labute approximate surface area is 86.1 Å². The van der Waals surface area contributed by atoms with Crippen LogP contribution in [-0.4, -0.2) is 5.11 Å². The van der Waals surface area contributed by atoms with Crippen LogP contribution in [0.15, 0.2) is 48.3 Å². The first-order valence-corrected chi connectivity index (χ1v) is 5.10. The van der Waals surface area contributed by atoms with Gasteiger partial charge in [-0.15, -0.1) is 0 Å². The van der Waals surface area contributed by atoms with Crippen LogP contribution in [0.4, 0.5) is 0 Å². The Kier molecular flexibility index (Phi) is 3.75. The maximum absolute atomic E-state index is 9.63. The van der Waals surface area contributed by atoms with Gasteiger partial charge in [-0.1, -0.05) is 44.7 Å². The van der Waals surface area contributed by atoms with Gasteiger partial charge >= 0.3 is 0 Å². The molecule has 0 amide bonds. The summed E-state index contributed by atoms with van der Waals surface area (Å²) in [4.78, 5) is 0. The van der Waals surface area contributed by atoms with Crippen LogP contribution in [0.3, 0.4) is 0 Å². The number of allylic oxidation sites excluding steroid dienone is 6. The van der Waals surface area contributed by atoms with E-state index < -0.39 is 0 Å². The lowest BCUT2D eigenvalue weighted by Gasteiger charge is -2.24. The average Bonchev–Trinajstić information content (AvgIpc) is 2.18. The molecule has 1 N–H and O–H groups in total. The number of hydrogen-bond acceptors (Lipinski definition) is 1. The molecule has 0 spiro atoms. The summed E-state index contributed by atoms with van der Waals surface area (Å²) < 4.78 is 0. The van der Waals surface area contributed by atoms with Crippen molar-refractivity contribution in [3.05, 3.63) is 48.3 Å². The monoisotopic (exact) mass is 190 g/mol. The van der Waals surface area contributed by atoms with Gasteiger partial charge in [0.1, 0.15) is 5.76 Å². The van der Waals surface area contributed by atoms with E-state index in [1.165, 1.54) is 0 Å². The lowest BCUT2D eigenvalue weighted by atomic mass is 9.81. The van der Waals surface area contributed by atoms with Gasteiger partial charge in [-0.3, -0.25) is 0 Å². The van der Waals surface area contributed by atoms with Crippen LogP contribution in [0.2, 0.25) is 0 Å². The van der Waals surface area contributed by atoms with E-state index in [9.17, 15) is 5.11 Å². The van der Waals surface area contributed by atoms with Crippen molar-refractivity contribution in [2.24, 2.45) is 11.8 Å². The summed E-state index contributed by atoms with van der Waals surface area (Å²) in [6, 6.07) is 0. The maximum Gasteiger partial charge on any atom is 0.114 e. The zero-order valence-corrected chi connectivity index (χ0v) is 8.90. The molecule has 2 atom stereocenters. The fourth-order valence-electron chi connectivity index (χ4n) is 1.88. The Bertz CT molecular complexity index is 294. The smallest absolute Gasteiger partial charge is 0.114 e. The highest BCUT2D eigenvalue weighted by Crippen LogP contribution is 2.31. The number of aliphatic hydroxyl groups is 1. The van der Waals surface area contributed by atoms with E-state index in [2.05, 4.69) is 26.5 Å². The molecule has 0 fully saturated rings. The van der Waals surface area contributed by atoms with Crippen LogP contribution in [0, 0.1) is 11.8 Å².